The van der Waals surface area contributed by atoms with Gasteiger partial charge in [-0.25, -0.2) is 9.50 Å². The molecule has 0 aliphatic rings. The average molecular weight is 210 g/mol. The fourth-order valence-corrected chi connectivity index (χ4v) is 1.51. The molecule has 0 saturated heterocycles. The Kier molecular flexibility index (Phi) is 2.00. The zero-order chi connectivity index (χ0) is 10.3. The van der Waals surface area contributed by atoms with E-state index < -0.39 is 0 Å². The fourth-order valence-electron chi connectivity index (χ4n) is 1.24. The number of halogens is 1. The molecule has 2 aromatic heterocycles. The van der Waals surface area contributed by atoms with Crippen LogP contribution in [0.2, 0.25) is 5.15 Å². The molecule has 0 fully saturated rings. The number of aryl methyl sites for hydroxylation is 1. The molecule has 0 aliphatic carbocycles. The summed E-state index contributed by atoms with van der Waals surface area (Å²) in [6, 6.07) is 1.64. The predicted molar refractivity (Wildman–Crippen MR) is 52.7 cm³/mol. The summed E-state index contributed by atoms with van der Waals surface area (Å²) in [7, 11) is 0. The van der Waals surface area contributed by atoms with Gasteiger partial charge < -0.3 is 0 Å². The molecule has 0 aliphatic heterocycles. The Bertz CT molecular complexity index is 518. The van der Waals surface area contributed by atoms with E-state index in [1.54, 1.807) is 16.8 Å². The van der Waals surface area contributed by atoms with Crippen LogP contribution in [0, 0.1) is 6.92 Å². The number of hydrogen-bond acceptors (Lipinski definition) is 3. The molecule has 0 bridgehead atoms. The van der Waals surface area contributed by atoms with Gasteiger partial charge in [-0.1, -0.05) is 11.6 Å². The van der Waals surface area contributed by atoms with Crippen LogP contribution in [-0.2, 0) is 0 Å². The van der Waals surface area contributed by atoms with Crippen LogP contribution in [0.25, 0.3) is 5.52 Å². The van der Waals surface area contributed by atoms with Crippen molar-refractivity contribution in [1.82, 2.24) is 14.6 Å². The van der Waals surface area contributed by atoms with Crippen molar-refractivity contribution in [3.63, 3.8) is 0 Å². The summed E-state index contributed by atoms with van der Waals surface area (Å²) >= 11 is 5.90. The second-order valence-corrected chi connectivity index (χ2v) is 3.45. The van der Waals surface area contributed by atoms with Gasteiger partial charge in [-0.15, -0.1) is 0 Å². The Labute approximate surface area is 85.5 Å². The quantitative estimate of drug-likeness (QED) is 0.674. The van der Waals surface area contributed by atoms with E-state index in [-0.39, 0.29) is 5.78 Å². The van der Waals surface area contributed by atoms with Crippen molar-refractivity contribution in [1.29, 1.82) is 0 Å². The first kappa shape index (κ1) is 9.15. The summed E-state index contributed by atoms with van der Waals surface area (Å²) in [5.74, 6) is -0.0811. The zero-order valence-corrected chi connectivity index (χ0v) is 8.54. The maximum absolute atomic E-state index is 11.1. The van der Waals surface area contributed by atoms with Crippen molar-refractivity contribution >= 4 is 22.9 Å². The van der Waals surface area contributed by atoms with Crippen LogP contribution < -0.4 is 0 Å². The van der Waals surface area contributed by atoms with Gasteiger partial charge in [-0.2, -0.15) is 5.10 Å². The van der Waals surface area contributed by atoms with Crippen LogP contribution in [0.4, 0.5) is 0 Å². The first-order valence-corrected chi connectivity index (χ1v) is 4.49. The number of aromatic nitrogens is 3. The van der Waals surface area contributed by atoms with E-state index >= 15 is 0 Å². The number of fused-ring (bicyclic) bond motifs is 1. The lowest BCUT2D eigenvalue weighted by atomic mass is 10.3. The molecule has 14 heavy (non-hydrogen) atoms. The molecule has 0 radical (unpaired) electrons. The van der Waals surface area contributed by atoms with E-state index in [1.165, 1.54) is 6.92 Å². The monoisotopic (exact) mass is 209 g/mol. The van der Waals surface area contributed by atoms with Crippen LogP contribution >= 0.6 is 11.6 Å². The first-order valence-electron chi connectivity index (χ1n) is 4.11. The normalized spacial score (nSPS) is 10.8. The van der Waals surface area contributed by atoms with E-state index in [4.69, 9.17) is 11.6 Å². The molecule has 0 saturated carbocycles. The molecule has 2 rings (SSSR count). The summed E-state index contributed by atoms with van der Waals surface area (Å²) in [5.41, 5.74) is 1.82. The molecule has 4 nitrogen and oxygen atoms in total. The van der Waals surface area contributed by atoms with Crippen LogP contribution in [0.5, 0.6) is 0 Å². The maximum atomic E-state index is 11.1. The van der Waals surface area contributed by atoms with Gasteiger partial charge in [0.2, 0.25) is 0 Å². The van der Waals surface area contributed by atoms with Crippen LogP contribution in [0.1, 0.15) is 23.1 Å². The lowest BCUT2D eigenvalue weighted by Crippen LogP contribution is -1.95. The van der Waals surface area contributed by atoms with Gasteiger partial charge in [0, 0.05) is 6.92 Å². The number of carbonyl (C=O) groups excluding carboxylic acids is 1. The Morgan fingerprint density at radius 2 is 2.29 bits per heavy atom. The van der Waals surface area contributed by atoms with Gasteiger partial charge in [0.15, 0.2) is 10.9 Å². The minimum atomic E-state index is -0.0811. The second-order valence-electron chi connectivity index (χ2n) is 3.09. The third-order valence-corrected chi connectivity index (χ3v) is 2.17. The Hall–Kier alpha value is -1.42. The summed E-state index contributed by atoms with van der Waals surface area (Å²) < 4.78 is 1.57. The van der Waals surface area contributed by atoms with Gasteiger partial charge in [0.1, 0.15) is 11.2 Å². The maximum Gasteiger partial charge on any atom is 0.180 e. The van der Waals surface area contributed by atoms with Crippen molar-refractivity contribution in [2.24, 2.45) is 0 Å². The van der Waals surface area contributed by atoms with E-state index in [1.807, 2.05) is 6.92 Å². The summed E-state index contributed by atoms with van der Waals surface area (Å²) in [5, 5.41) is 4.44. The predicted octanol–water partition coefficient (Wildman–Crippen LogP) is 1.89. The van der Waals surface area contributed by atoms with E-state index in [0.29, 0.717) is 16.4 Å². The highest BCUT2D eigenvalue weighted by Gasteiger charge is 2.09. The number of Topliss-reactive ketones (excluding diaryl/α,β-unsaturated/α-hetero) is 1. The van der Waals surface area contributed by atoms with Crippen molar-refractivity contribution < 1.29 is 4.79 Å². The number of nitrogens with zero attached hydrogens (tertiary/aromatic N) is 3. The molecule has 2 aromatic rings. The van der Waals surface area contributed by atoms with Gasteiger partial charge in [0.05, 0.1) is 11.9 Å². The van der Waals surface area contributed by atoms with Crippen molar-refractivity contribution in [2.45, 2.75) is 13.8 Å². The van der Waals surface area contributed by atoms with Gasteiger partial charge in [-0.3, -0.25) is 4.79 Å². The lowest BCUT2D eigenvalue weighted by Gasteiger charge is -1.96. The largest absolute Gasteiger partial charge is 0.293 e. The molecular formula is C9H8ClN3O. The van der Waals surface area contributed by atoms with Crippen LogP contribution in [0.3, 0.4) is 0 Å². The molecule has 2 heterocycles. The van der Waals surface area contributed by atoms with E-state index in [9.17, 15) is 4.79 Å². The SMILES string of the molecule is CC(=O)c1cc2c(Cl)nc(C)cn2n1. The number of ketones is 1. The average Bonchev–Trinajstić information content (AvgIpc) is 2.47. The minimum absolute atomic E-state index is 0.0811. The molecule has 5 heteroatoms. The highest BCUT2D eigenvalue weighted by molar-refractivity contribution is 6.32. The smallest absolute Gasteiger partial charge is 0.180 e. The highest BCUT2D eigenvalue weighted by atomic mass is 35.5. The third-order valence-electron chi connectivity index (χ3n) is 1.89. The highest BCUT2D eigenvalue weighted by Crippen LogP contribution is 2.16. The van der Waals surface area contributed by atoms with E-state index in [0.717, 1.165) is 5.69 Å². The summed E-state index contributed by atoms with van der Waals surface area (Å²) in [6.07, 6.45) is 1.73. The Morgan fingerprint density at radius 1 is 1.57 bits per heavy atom. The molecule has 0 atom stereocenters. The molecule has 0 aromatic carbocycles. The Morgan fingerprint density at radius 3 is 2.93 bits per heavy atom. The van der Waals surface area contributed by atoms with Crippen molar-refractivity contribution in [3.05, 3.63) is 28.8 Å². The summed E-state index contributed by atoms with van der Waals surface area (Å²) in [4.78, 5) is 15.1. The third kappa shape index (κ3) is 1.37. The van der Waals surface area contributed by atoms with E-state index in [2.05, 4.69) is 10.1 Å². The molecule has 0 spiro atoms. The molecule has 72 valence electrons. The standard InChI is InChI=1S/C9H8ClN3O/c1-5-4-13-8(9(10)11-5)3-7(12-13)6(2)14/h3-4H,1-2H3. The number of rotatable bonds is 1. The minimum Gasteiger partial charge on any atom is -0.293 e. The molecule has 0 unspecified atom stereocenters. The van der Waals surface area contributed by atoms with Crippen molar-refractivity contribution in [3.8, 4) is 0 Å². The number of hydrogen-bond donors (Lipinski definition) is 0. The van der Waals surface area contributed by atoms with Gasteiger partial charge in [-0.05, 0) is 13.0 Å². The fraction of sp³-hybridized carbons (Fsp3) is 0.222. The zero-order valence-electron chi connectivity index (χ0n) is 7.78. The topological polar surface area (TPSA) is 47.3 Å². The first-order chi connectivity index (χ1) is 6.58. The molecule has 0 amide bonds. The van der Waals surface area contributed by atoms with Crippen LogP contribution in [-0.4, -0.2) is 20.4 Å². The molecule has 0 N–H and O–H groups in total. The van der Waals surface area contributed by atoms with Crippen molar-refractivity contribution in [2.75, 3.05) is 0 Å². The van der Waals surface area contributed by atoms with Gasteiger partial charge >= 0.3 is 0 Å². The number of carbonyl (C=O) groups is 1. The molecular weight excluding hydrogens is 202 g/mol. The Balaban J connectivity index is 2.76. The van der Waals surface area contributed by atoms with Crippen LogP contribution in [0.15, 0.2) is 12.3 Å². The second kappa shape index (κ2) is 3.06. The van der Waals surface area contributed by atoms with Gasteiger partial charge in [0.25, 0.3) is 0 Å². The summed E-state index contributed by atoms with van der Waals surface area (Å²) in [6.45, 7) is 3.29. The lowest BCUT2D eigenvalue weighted by molar-refractivity contribution is 0.101.